The minimum Gasteiger partial charge on any atom is -0.398 e. The Labute approximate surface area is 90.3 Å². The second-order valence-electron chi connectivity index (χ2n) is 2.62. The fourth-order valence-electron chi connectivity index (χ4n) is 0.878. The highest BCUT2D eigenvalue weighted by molar-refractivity contribution is 14.1. The monoisotopic (exact) mass is 290 g/mol. The number of hydrogen-bond acceptors (Lipinski definition) is 2. The van der Waals surface area contributed by atoms with Crippen molar-refractivity contribution < 1.29 is 0 Å². The zero-order valence-electron chi connectivity index (χ0n) is 6.97. The lowest BCUT2D eigenvalue weighted by atomic mass is 10.2. The van der Waals surface area contributed by atoms with E-state index >= 15 is 0 Å². The summed E-state index contributed by atoms with van der Waals surface area (Å²) in [5.41, 5.74) is 12.6. The maximum atomic E-state index is 6.98. The van der Waals surface area contributed by atoms with Crippen molar-refractivity contribution >= 4 is 34.2 Å². The van der Waals surface area contributed by atoms with Crippen molar-refractivity contribution in [1.82, 2.24) is 5.32 Å². The van der Waals surface area contributed by atoms with Crippen LogP contribution >= 0.6 is 22.6 Å². The van der Waals surface area contributed by atoms with Crippen molar-refractivity contribution in [1.29, 1.82) is 5.41 Å². The maximum absolute atomic E-state index is 6.98. The summed E-state index contributed by atoms with van der Waals surface area (Å²) >= 11 is 2.17. The Kier molecular flexibility index (Phi) is 3.35. The molecule has 0 saturated heterocycles. The zero-order chi connectivity index (χ0) is 9.84. The van der Waals surface area contributed by atoms with E-state index in [9.17, 15) is 0 Å². The molecule has 0 aliphatic carbocycles. The quantitative estimate of drug-likeness (QED) is 0.282. The van der Waals surface area contributed by atoms with Crippen LogP contribution in [-0.4, -0.2) is 5.96 Å². The van der Waals surface area contributed by atoms with Crippen molar-refractivity contribution in [3.05, 3.63) is 27.3 Å². The van der Waals surface area contributed by atoms with Gasteiger partial charge in [0.1, 0.15) is 0 Å². The van der Waals surface area contributed by atoms with Crippen LogP contribution in [0.1, 0.15) is 5.56 Å². The molecule has 0 unspecified atom stereocenters. The number of guanidine groups is 1. The van der Waals surface area contributed by atoms with Crippen LogP contribution in [0.3, 0.4) is 0 Å². The Bertz CT molecular complexity index is 324. The van der Waals surface area contributed by atoms with Crippen LogP contribution in [0.5, 0.6) is 0 Å². The molecule has 0 aliphatic heterocycles. The third-order valence-electron chi connectivity index (χ3n) is 1.55. The molecule has 0 aliphatic rings. The SMILES string of the molecule is N=C(N)NCc1ccc(N)c(I)c1. The average Bonchev–Trinajstić information content (AvgIpc) is 2.07. The summed E-state index contributed by atoms with van der Waals surface area (Å²) < 4.78 is 1.01. The lowest BCUT2D eigenvalue weighted by Gasteiger charge is -2.05. The first-order valence-corrected chi connectivity index (χ1v) is 4.79. The molecule has 0 fully saturated rings. The van der Waals surface area contributed by atoms with Crippen molar-refractivity contribution in [3.8, 4) is 0 Å². The third kappa shape index (κ3) is 3.10. The molecule has 1 rings (SSSR count). The van der Waals surface area contributed by atoms with E-state index in [1.807, 2.05) is 18.2 Å². The van der Waals surface area contributed by atoms with Gasteiger partial charge in [-0.05, 0) is 40.3 Å². The van der Waals surface area contributed by atoms with Crippen LogP contribution in [0.2, 0.25) is 0 Å². The third-order valence-corrected chi connectivity index (χ3v) is 2.48. The van der Waals surface area contributed by atoms with Gasteiger partial charge in [0.15, 0.2) is 5.96 Å². The largest absolute Gasteiger partial charge is 0.398 e. The number of anilines is 1. The van der Waals surface area contributed by atoms with E-state index in [2.05, 4.69) is 27.9 Å². The second-order valence-corrected chi connectivity index (χ2v) is 3.79. The van der Waals surface area contributed by atoms with Gasteiger partial charge in [0, 0.05) is 15.8 Å². The van der Waals surface area contributed by atoms with Crippen LogP contribution in [0.4, 0.5) is 5.69 Å². The summed E-state index contributed by atoms with van der Waals surface area (Å²) in [6, 6.07) is 5.72. The van der Waals surface area contributed by atoms with E-state index in [0.717, 1.165) is 14.8 Å². The van der Waals surface area contributed by atoms with E-state index in [4.69, 9.17) is 16.9 Å². The van der Waals surface area contributed by atoms with Gasteiger partial charge >= 0.3 is 0 Å². The molecular weight excluding hydrogens is 279 g/mol. The molecule has 13 heavy (non-hydrogen) atoms. The minimum absolute atomic E-state index is 0.0215. The molecule has 4 nitrogen and oxygen atoms in total. The van der Waals surface area contributed by atoms with Crippen LogP contribution < -0.4 is 16.8 Å². The fraction of sp³-hybridized carbons (Fsp3) is 0.125. The van der Waals surface area contributed by atoms with Crippen molar-refractivity contribution in [2.45, 2.75) is 6.54 Å². The molecule has 70 valence electrons. The molecule has 0 amide bonds. The fourth-order valence-corrected chi connectivity index (χ4v) is 1.46. The van der Waals surface area contributed by atoms with Gasteiger partial charge in [-0.25, -0.2) is 0 Å². The molecule has 6 N–H and O–H groups in total. The Morgan fingerprint density at radius 2 is 2.23 bits per heavy atom. The van der Waals surface area contributed by atoms with Gasteiger partial charge in [-0.2, -0.15) is 0 Å². The van der Waals surface area contributed by atoms with Gasteiger partial charge in [-0.1, -0.05) is 6.07 Å². The molecule has 0 saturated carbocycles. The smallest absolute Gasteiger partial charge is 0.185 e. The molecule has 0 bridgehead atoms. The van der Waals surface area contributed by atoms with Gasteiger partial charge < -0.3 is 16.8 Å². The van der Waals surface area contributed by atoms with Crippen molar-refractivity contribution in [3.63, 3.8) is 0 Å². The first-order valence-electron chi connectivity index (χ1n) is 3.71. The molecule has 0 spiro atoms. The summed E-state index contributed by atoms with van der Waals surface area (Å²) in [5, 5.41) is 9.71. The summed E-state index contributed by atoms with van der Waals surface area (Å²) in [7, 11) is 0. The van der Waals surface area contributed by atoms with Gasteiger partial charge in [-0.15, -0.1) is 0 Å². The zero-order valence-corrected chi connectivity index (χ0v) is 9.13. The lowest BCUT2D eigenvalue weighted by Crippen LogP contribution is -2.29. The summed E-state index contributed by atoms with van der Waals surface area (Å²) in [6.07, 6.45) is 0. The molecule has 1 aromatic rings. The first-order chi connectivity index (χ1) is 6.09. The number of nitrogens with two attached hydrogens (primary N) is 2. The molecule has 0 heterocycles. The Morgan fingerprint density at radius 3 is 2.77 bits per heavy atom. The first kappa shape index (κ1) is 10.1. The van der Waals surface area contributed by atoms with E-state index < -0.39 is 0 Å². The Hall–Kier alpha value is -0.980. The van der Waals surface area contributed by atoms with E-state index in [1.165, 1.54) is 0 Å². The van der Waals surface area contributed by atoms with Gasteiger partial charge in [-0.3, -0.25) is 5.41 Å². The predicted molar refractivity (Wildman–Crippen MR) is 62.3 cm³/mol. The van der Waals surface area contributed by atoms with Crippen LogP contribution in [-0.2, 0) is 6.54 Å². The molecule has 0 atom stereocenters. The molecular formula is C8H11IN4. The minimum atomic E-state index is -0.0215. The van der Waals surface area contributed by atoms with E-state index in [0.29, 0.717) is 6.54 Å². The van der Waals surface area contributed by atoms with Gasteiger partial charge in [0.2, 0.25) is 0 Å². The topological polar surface area (TPSA) is 87.9 Å². The highest BCUT2D eigenvalue weighted by Crippen LogP contribution is 2.15. The Balaban J connectivity index is 2.68. The molecule has 0 aromatic heterocycles. The molecule has 1 aromatic carbocycles. The summed E-state index contributed by atoms with van der Waals surface area (Å²) in [6.45, 7) is 0.561. The number of benzene rings is 1. The van der Waals surface area contributed by atoms with Crippen LogP contribution in [0, 0.1) is 8.98 Å². The number of nitrogen functional groups attached to an aromatic ring is 1. The summed E-state index contributed by atoms with van der Waals surface area (Å²) in [4.78, 5) is 0. The lowest BCUT2D eigenvalue weighted by molar-refractivity contribution is 0.896. The molecule has 5 heteroatoms. The number of hydrogen-bond donors (Lipinski definition) is 4. The predicted octanol–water partition coefficient (Wildman–Crippen LogP) is 0.856. The van der Waals surface area contributed by atoms with Crippen molar-refractivity contribution in [2.75, 3.05) is 5.73 Å². The highest BCUT2D eigenvalue weighted by Gasteiger charge is 1.97. The second kappa shape index (κ2) is 4.31. The normalized spacial score (nSPS) is 9.62. The highest BCUT2D eigenvalue weighted by atomic mass is 127. The van der Waals surface area contributed by atoms with Crippen molar-refractivity contribution in [2.24, 2.45) is 5.73 Å². The van der Waals surface area contributed by atoms with E-state index in [1.54, 1.807) is 0 Å². The van der Waals surface area contributed by atoms with Crippen LogP contribution in [0.25, 0.3) is 0 Å². The number of nitrogens with one attached hydrogen (secondary N) is 2. The van der Waals surface area contributed by atoms with Gasteiger partial charge in [0.25, 0.3) is 0 Å². The number of halogens is 1. The van der Waals surface area contributed by atoms with Crippen LogP contribution in [0.15, 0.2) is 18.2 Å². The molecule has 0 radical (unpaired) electrons. The van der Waals surface area contributed by atoms with E-state index in [-0.39, 0.29) is 5.96 Å². The standard InChI is InChI=1S/C8H11IN4/c9-6-3-5(1-2-7(6)10)4-13-8(11)12/h1-3H,4,10H2,(H4,11,12,13). The van der Waals surface area contributed by atoms with Gasteiger partial charge in [0.05, 0.1) is 0 Å². The maximum Gasteiger partial charge on any atom is 0.185 e. The average molecular weight is 290 g/mol. The Morgan fingerprint density at radius 1 is 1.54 bits per heavy atom. The number of rotatable bonds is 2. The summed E-state index contributed by atoms with van der Waals surface area (Å²) in [5.74, 6) is -0.0215.